The number of ether oxygens (including phenoxy) is 2. The Bertz CT molecular complexity index is 1460. The molecule has 1 saturated heterocycles. The van der Waals surface area contributed by atoms with Gasteiger partial charge in [0.15, 0.2) is 5.16 Å². The summed E-state index contributed by atoms with van der Waals surface area (Å²) in [6, 6.07) is 20.8. The minimum absolute atomic E-state index is 0.0738. The maximum atomic E-state index is 13.7. The monoisotopic (exact) mass is 501 g/mol. The van der Waals surface area contributed by atoms with Crippen LogP contribution in [0.1, 0.15) is 21.5 Å². The molecule has 1 aromatic heterocycles. The summed E-state index contributed by atoms with van der Waals surface area (Å²) in [5, 5.41) is 1.03. The molecule has 1 aliphatic heterocycles. The number of methoxy groups -OCH3 is 1. The average molecular weight is 502 g/mol. The van der Waals surface area contributed by atoms with Gasteiger partial charge < -0.3 is 14.4 Å². The van der Waals surface area contributed by atoms with Crippen LogP contribution in [0.25, 0.3) is 16.6 Å². The van der Waals surface area contributed by atoms with Crippen molar-refractivity contribution in [1.29, 1.82) is 0 Å². The van der Waals surface area contributed by atoms with Crippen LogP contribution < -0.4 is 10.3 Å². The van der Waals surface area contributed by atoms with E-state index in [1.807, 2.05) is 30.3 Å². The van der Waals surface area contributed by atoms with Crippen LogP contribution in [-0.4, -0.2) is 53.8 Å². The van der Waals surface area contributed by atoms with Crippen molar-refractivity contribution < 1.29 is 14.3 Å². The number of hydrogen-bond donors (Lipinski definition) is 0. The molecule has 2 heterocycles. The summed E-state index contributed by atoms with van der Waals surface area (Å²) in [5.74, 6) is 1.29. The van der Waals surface area contributed by atoms with Crippen molar-refractivity contribution in [3.05, 3.63) is 93.8 Å². The number of rotatable bonds is 6. The molecule has 1 fully saturated rings. The smallest absolute Gasteiger partial charge is 0.266 e. The number of morpholine rings is 1. The number of aromatic nitrogens is 2. The number of benzene rings is 3. The van der Waals surface area contributed by atoms with Crippen molar-refractivity contribution in [1.82, 2.24) is 14.5 Å². The van der Waals surface area contributed by atoms with E-state index in [4.69, 9.17) is 14.5 Å². The Morgan fingerprint density at radius 3 is 2.56 bits per heavy atom. The summed E-state index contributed by atoms with van der Waals surface area (Å²) >= 11 is 1.49. The Hall–Kier alpha value is -3.62. The Kier molecular flexibility index (Phi) is 7.06. The minimum Gasteiger partial charge on any atom is -0.497 e. The molecule has 0 radical (unpaired) electrons. The zero-order valence-electron chi connectivity index (χ0n) is 20.3. The molecule has 0 atom stereocenters. The highest BCUT2D eigenvalue weighted by molar-refractivity contribution is 7.98. The van der Waals surface area contributed by atoms with Gasteiger partial charge in [-0.3, -0.25) is 14.2 Å². The second kappa shape index (κ2) is 10.6. The summed E-state index contributed by atoms with van der Waals surface area (Å²) in [6.45, 7) is 4.23. The van der Waals surface area contributed by atoms with Crippen molar-refractivity contribution >= 4 is 28.6 Å². The number of aryl methyl sites for hydroxylation is 1. The number of nitrogens with zero attached hydrogens (tertiary/aromatic N) is 3. The summed E-state index contributed by atoms with van der Waals surface area (Å²) in [5.41, 5.74) is 3.88. The molecule has 1 amide bonds. The number of fused-ring (bicyclic) bond motifs is 1. The highest BCUT2D eigenvalue weighted by Gasteiger charge is 2.20. The molecule has 0 spiro atoms. The van der Waals surface area contributed by atoms with Crippen LogP contribution in [0.2, 0.25) is 0 Å². The van der Waals surface area contributed by atoms with E-state index in [2.05, 4.69) is 25.1 Å². The highest BCUT2D eigenvalue weighted by Crippen LogP contribution is 2.26. The third-order valence-electron chi connectivity index (χ3n) is 6.16. The Balaban J connectivity index is 1.58. The average Bonchev–Trinajstić information content (AvgIpc) is 2.92. The molecule has 5 rings (SSSR count). The van der Waals surface area contributed by atoms with Crippen molar-refractivity contribution in [3.63, 3.8) is 0 Å². The molecule has 184 valence electrons. The lowest BCUT2D eigenvalue weighted by atomic mass is 10.1. The van der Waals surface area contributed by atoms with Gasteiger partial charge in [-0.05, 0) is 55.0 Å². The Morgan fingerprint density at radius 2 is 1.83 bits per heavy atom. The molecule has 0 unspecified atom stereocenters. The Labute approximate surface area is 213 Å². The van der Waals surface area contributed by atoms with Crippen molar-refractivity contribution in [2.45, 2.75) is 17.8 Å². The van der Waals surface area contributed by atoms with Crippen molar-refractivity contribution in [3.8, 4) is 11.4 Å². The Morgan fingerprint density at radius 1 is 1.06 bits per heavy atom. The third kappa shape index (κ3) is 5.01. The van der Waals surface area contributed by atoms with E-state index < -0.39 is 0 Å². The molecule has 3 aromatic carbocycles. The first-order chi connectivity index (χ1) is 17.5. The van der Waals surface area contributed by atoms with E-state index in [0.717, 1.165) is 5.56 Å². The standard InChI is InChI=1S/C28H27N3O4S/c1-19-4-3-5-20(16-19)18-36-28-29-25-17-21(26(32)30-12-14-35-15-13-30)6-11-24(25)27(33)31(28)22-7-9-23(34-2)10-8-22/h3-11,16-17H,12-15,18H2,1-2H3. The van der Waals surface area contributed by atoms with Crippen LogP contribution in [0.15, 0.2) is 76.7 Å². The summed E-state index contributed by atoms with van der Waals surface area (Å²) in [7, 11) is 1.61. The van der Waals surface area contributed by atoms with Gasteiger partial charge in [-0.1, -0.05) is 41.6 Å². The normalized spacial score (nSPS) is 13.7. The van der Waals surface area contributed by atoms with Gasteiger partial charge in [-0.15, -0.1) is 0 Å². The molecule has 1 aliphatic rings. The first-order valence-electron chi connectivity index (χ1n) is 11.8. The van der Waals surface area contributed by atoms with Crippen molar-refractivity contribution in [2.24, 2.45) is 0 Å². The van der Waals surface area contributed by atoms with Crippen LogP contribution in [0.4, 0.5) is 0 Å². The lowest BCUT2D eigenvalue weighted by Gasteiger charge is -2.26. The number of carbonyl (C=O) groups excluding carboxylic acids is 1. The van der Waals surface area contributed by atoms with E-state index >= 15 is 0 Å². The third-order valence-corrected chi connectivity index (χ3v) is 7.17. The van der Waals surface area contributed by atoms with Crippen LogP contribution in [0, 0.1) is 6.92 Å². The molecule has 8 heteroatoms. The maximum Gasteiger partial charge on any atom is 0.266 e. The number of carbonyl (C=O) groups is 1. The van der Waals surface area contributed by atoms with E-state index in [1.165, 1.54) is 17.3 Å². The van der Waals surface area contributed by atoms with Crippen LogP contribution in [0.3, 0.4) is 0 Å². The summed E-state index contributed by atoms with van der Waals surface area (Å²) in [4.78, 5) is 33.4. The summed E-state index contributed by atoms with van der Waals surface area (Å²) < 4.78 is 12.3. The van der Waals surface area contributed by atoms with E-state index in [1.54, 1.807) is 34.8 Å². The van der Waals surface area contributed by atoms with Gasteiger partial charge >= 0.3 is 0 Å². The topological polar surface area (TPSA) is 73.7 Å². The van der Waals surface area contributed by atoms with Crippen LogP contribution in [-0.2, 0) is 10.5 Å². The van der Waals surface area contributed by atoms with E-state index in [9.17, 15) is 9.59 Å². The van der Waals surface area contributed by atoms with Crippen molar-refractivity contribution in [2.75, 3.05) is 33.4 Å². The molecule has 0 N–H and O–H groups in total. The predicted molar refractivity (Wildman–Crippen MR) is 141 cm³/mol. The van der Waals surface area contributed by atoms with Gasteiger partial charge in [0, 0.05) is 24.4 Å². The minimum atomic E-state index is -0.178. The van der Waals surface area contributed by atoms with Crippen LogP contribution in [0.5, 0.6) is 5.75 Å². The van der Waals surface area contributed by atoms with Gasteiger partial charge in [0.05, 0.1) is 36.9 Å². The van der Waals surface area contributed by atoms with E-state index in [-0.39, 0.29) is 11.5 Å². The fourth-order valence-electron chi connectivity index (χ4n) is 4.25. The molecule has 0 bridgehead atoms. The second-order valence-electron chi connectivity index (χ2n) is 8.65. The zero-order valence-corrected chi connectivity index (χ0v) is 21.1. The van der Waals surface area contributed by atoms with E-state index in [0.29, 0.717) is 65.1 Å². The molecule has 7 nitrogen and oxygen atoms in total. The van der Waals surface area contributed by atoms with Gasteiger partial charge in [0.2, 0.25) is 0 Å². The number of amides is 1. The van der Waals surface area contributed by atoms with Gasteiger partial charge in [0.1, 0.15) is 5.75 Å². The number of thioether (sulfide) groups is 1. The van der Waals surface area contributed by atoms with Gasteiger partial charge in [-0.25, -0.2) is 4.98 Å². The molecule has 36 heavy (non-hydrogen) atoms. The maximum absolute atomic E-state index is 13.7. The largest absolute Gasteiger partial charge is 0.497 e. The molecular weight excluding hydrogens is 474 g/mol. The second-order valence-corrected chi connectivity index (χ2v) is 9.59. The van der Waals surface area contributed by atoms with Gasteiger partial charge in [-0.2, -0.15) is 0 Å². The SMILES string of the molecule is COc1ccc(-n2c(SCc3cccc(C)c3)nc3cc(C(=O)N4CCOCC4)ccc3c2=O)cc1. The fourth-order valence-corrected chi connectivity index (χ4v) is 5.21. The first-order valence-corrected chi connectivity index (χ1v) is 12.8. The molecule has 4 aromatic rings. The quantitative estimate of drug-likeness (QED) is 0.287. The summed E-state index contributed by atoms with van der Waals surface area (Å²) in [6.07, 6.45) is 0. The zero-order chi connectivity index (χ0) is 25.1. The molecule has 0 saturated carbocycles. The van der Waals surface area contributed by atoms with Crippen LogP contribution >= 0.6 is 11.8 Å². The number of hydrogen-bond acceptors (Lipinski definition) is 6. The molecule has 0 aliphatic carbocycles. The fraction of sp³-hybridized carbons (Fsp3) is 0.250. The van der Waals surface area contributed by atoms with Gasteiger partial charge in [0.25, 0.3) is 11.5 Å². The lowest BCUT2D eigenvalue weighted by Crippen LogP contribution is -2.40. The molecular formula is C28H27N3O4S. The lowest BCUT2D eigenvalue weighted by molar-refractivity contribution is 0.0303. The highest BCUT2D eigenvalue weighted by atomic mass is 32.2. The first kappa shape index (κ1) is 24.1. The predicted octanol–water partition coefficient (Wildman–Crippen LogP) is 4.47.